The Bertz CT molecular complexity index is 661. The summed E-state index contributed by atoms with van der Waals surface area (Å²) in [6, 6.07) is 5.45. The van der Waals surface area contributed by atoms with Gasteiger partial charge in [0, 0.05) is 10.0 Å². The van der Waals surface area contributed by atoms with Crippen LogP contribution in [0.25, 0.3) is 0 Å². The number of hydrogen-bond donors (Lipinski definition) is 1. The fraction of sp³-hybridized carbons (Fsp3) is 0.267. The number of halogens is 1. The second-order valence-electron chi connectivity index (χ2n) is 4.51. The molecule has 20 heavy (non-hydrogen) atoms. The molecule has 1 N–H and O–H groups in total. The summed E-state index contributed by atoms with van der Waals surface area (Å²) in [6.07, 6.45) is 0. The molecule has 0 radical (unpaired) electrons. The molecule has 1 heterocycles. The lowest BCUT2D eigenvalue weighted by molar-refractivity contribution is 0.102. The first kappa shape index (κ1) is 14.7. The molecule has 0 spiro atoms. The van der Waals surface area contributed by atoms with Crippen LogP contribution in [0.4, 0.5) is 5.69 Å². The van der Waals surface area contributed by atoms with Crippen molar-refractivity contribution in [2.75, 3.05) is 12.4 Å². The minimum atomic E-state index is -0.201. The topological polar surface area (TPSA) is 51.5 Å². The van der Waals surface area contributed by atoms with Crippen LogP contribution in [0.3, 0.4) is 0 Å². The molecule has 0 bridgehead atoms. The highest BCUT2D eigenvalue weighted by atomic mass is 79.9. The van der Waals surface area contributed by atoms with E-state index in [1.54, 1.807) is 26.2 Å². The average molecular weight is 338 g/mol. The molecule has 1 amide bonds. The Morgan fingerprint density at radius 2 is 1.95 bits per heavy atom. The summed E-state index contributed by atoms with van der Waals surface area (Å²) in [5.74, 6) is 1.78. The van der Waals surface area contributed by atoms with Gasteiger partial charge in [-0.15, -0.1) is 0 Å². The zero-order chi connectivity index (χ0) is 14.9. The lowest BCUT2D eigenvalue weighted by Crippen LogP contribution is -2.14. The van der Waals surface area contributed by atoms with Crippen LogP contribution in [0.5, 0.6) is 5.75 Å². The van der Waals surface area contributed by atoms with Crippen LogP contribution in [0.1, 0.15) is 27.4 Å². The zero-order valence-electron chi connectivity index (χ0n) is 11.8. The number of methoxy groups -OCH3 is 1. The first-order chi connectivity index (χ1) is 9.43. The third kappa shape index (κ3) is 2.72. The number of hydrogen-bond acceptors (Lipinski definition) is 3. The van der Waals surface area contributed by atoms with Crippen LogP contribution in [-0.4, -0.2) is 13.0 Å². The number of rotatable bonds is 3. The van der Waals surface area contributed by atoms with Crippen LogP contribution in [0, 0.1) is 20.8 Å². The van der Waals surface area contributed by atoms with Crippen LogP contribution in [0.15, 0.2) is 27.1 Å². The van der Waals surface area contributed by atoms with E-state index in [0.717, 1.165) is 15.8 Å². The molecule has 106 valence electrons. The predicted molar refractivity (Wildman–Crippen MR) is 81.6 cm³/mol. The molecular weight excluding hydrogens is 322 g/mol. The highest BCUT2D eigenvalue weighted by Gasteiger charge is 2.19. The lowest BCUT2D eigenvalue weighted by atomic mass is 10.1. The molecule has 0 unspecified atom stereocenters. The molecule has 0 saturated carbocycles. The summed E-state index contributed by atoms with van der Waals surface area (Å²) in [5.41, 5.74) is 2.04. The summed E-state index contributed by atoms with van der Waals surface area (Å²) in [6.45, 7) is 5.50. The number of aryl methyl sites for hydroxylation is 2. The minimum absolute atomic E-state index is 0.201. The molecule has 0 saturated heterocycles. The van der Waals surface area contributed by atoms with E-state index in [9.17, 15) is 4.79 Å². The van der Waals surface area contributed by atoms with E-state index in [2.05, 4.69) is 21.2 Å². The van der Waals surface area contributed by atoms with E-state index in [1.165, 1.54) is 0 Å². The van der Waals surface area contributed by atoms with Crippen molar-refractivity contribution in [2.45, 2.75) is 20.8 Å². The number of carbonyl (C=O) groups is 1. The van der Waals surface area contributed by atoms with Gasteiger partial charge in [0.15, 0.2) is 0 Å². The standard InChI is InChI=1S/C15H16BrNO3/c1-8-9(2)20-10(3)14(8)15(18)17-12-7-11(16)5-6-13(12)19-4/h5-7H,1-4H3,(H,17,18). The highest BCUT2D eigenvalue weighted by molar-refractivity contribution is 9.10. The maximum atomic E-state index is 12.4. The van der Waals surface area contributed by atoms with Gasteiger partial charge in [-0.2, -0.15) is 0 Å². The van der Waals surface area contributed by atoms with E-state index >= 15 is 0 Å². The molecule has 4 nitrogen and oxygen atoms in total. The molecule has 5 heteroatoms. The summed E-state index contributed by atoms with van der Waals surface area (Å²) in [7, 11) is 1.57. The van der Waals surface area contributed by atoms with Crippen LogP contribution in [0.2, 0.25) is 0 Å². The number of nitrogens with one attached hydrogen (secondary N) is 1. The van der Waals surface area contributed by atoms with Crippen molar-refractivity contribution in [1.82, 2.24) is 0 Å². The smallest absolute Gasteiger partial charge is 0.259 e. The van der Waals surface area contributed by atoms with Gasteiger partial charge >= 0.3 is 0 Å². The molecule has 0 aliphatic carbocycles. The van der Waals surface area contributed by atoms with Gasteiger partial charge in [-0.3, -0.25) is 4.79 Å². The molecule has 2 rings (SSSR count). The van der Waals surface area contributed by atoms with Crippen LogP contribution >= 0.6 is 15.9 Å². The van der Waals surface area contributed by atoms with Gasteiger partial charge in [0.25, 0.3) is 5.91 Å². The summed E-state index contributed by atoms with van der Waals surface area (Å²) < 4.78 is 11.6. The van der Waals surface area contributed by atoms with Crippen molar-refractivity contribution in [3.05, 3.63) is 45.3 Å². The molecule has 1 aromatic carbocycles. The first-order valence-electron chi connectivity index (χ1n) is 6.15. The predicted octanol–water partition coefficient (Wildman–Crippen LogP) is 4.23. The Balaban J connectivity index is 2.35. The van der Waals surface area contributed by atoms with Crippen molar-refractivity contribution in [2.24, 2.45) is 0 Å². The molecule has 2 aromatic rings. The third-order valence-corrected chi connectivity index (χ3v) is 3.69. The van der Waals surface area contributed by atoms with Crippen molar-refractivity contribution >= 4 is 27.5 Å². The van der Waals surface area contributed by atoms with Crippen LogP contribution < -0.4 is 10.1 Å². The Morgan fingerprint density at radius 1 is 1.25 bits per heavy atom. The van der Waals surface area contributed by atoms with Gasteiger partial charge in [0.2, 0.25) is 0 Å². The van der Waals surface area contributed by atoms with Crippen LogP contribution in [-0.2, 0) is 0 Å². The SMILES string of the molecule is COc1ccc(Br)cc1NC(=O)c1c(C)oc(C)c1C. The van der Waals surface area contributed by atoms with Gasteiger partial charge in [0.05, 0.1) is 18.4 Å². The molecule has 0 atom stereocenters. The average Bonchev–Trinajstić information content (AvgIpc) is 2.63. The molecule has 0 fully saturated rings. The Kier molecular flexibility index (Phi) is 4.18. The van der Waals surface area contributed by atoms with Gasteiger partial charge < -0.3 is 14.5 Å². The van der Waals surface area contributed by atoms with E-state index in [-0.39, 0.29) is 5.91 Å². The Labute approximate surface area is 126 Å². The van der Waals surface area contributed by atoms with Crippen molar-refractivity contribution < 1.29 is 13.9 Å². The summed E-state index contributed by atoms with van der Waals surface area (Å²) >= 11 is 3.38. The van der Waals surface area contributed by atoms with E-state index in [0.29, 0.717) is 22.8 Å². The lowest BCUT2D eigenvalue weighted by Gasteiger charge is -2.10. The van der Waals surface area contributed by atoms with Crippen molar-refractivity contribution in [1.29, 1.82) is 0 Å². The van der Waals surface area contributed by atoms with E-state index in [4.69, 9.17) is 9.15 Å². The van der Waals surface area contributed by atoms with Gasteiger partial charge in [-0.1, -0.05) is 15.9 Å². The Hall–Kier alpha value is -1.75. The second kappa shape index (κ2) is 5.71. The molecule has 1 aromatic heterocycles. The highest BCUT2D eigenvalue weighted by Crippen LogP contribution is 2.29. The fourth-order valence-corrected chi connectivity index (χ4v) is 2.45. The number of benzene rings is 1. The molecule has 0 aliphatic heterocycles. The number of ether oxygens (including phenoxy) is 1. The monoisotopic (exact) mass is 337 g/mol. The van der Waals surface area contributed by atoms with E-state index in [1.807, 2.05) is 19.9 Å². The largest absolute Gasteiger partial charge is 0.495 e. The number of furan rings is 1. The van der Waals surface area contributed by atoms with Crippen molar-refractivity contribution in [3.8, 4) is 5.75 Å². The maximum Gasteiger partial charge on any atom is 0.259 e. The summed E-state index contributed by atoms with van der Waals surface area (Å²) in [5, 5.41) is 2.86. The van der Waals surface area contributed by atoms with Gasteiger partial charge in [0.1, 0.15) is 17.3 Å². The first-order valence-corrected chi connectivity index (χ1v) is 6.94. The van der Waals surface area contributed by atoms with E-state index < -0.39 is 0 Å². The number of amides is 1. The van der Waals surface area contributed by atoms with Crippen molar-refractivity contribution in [3.63, 3.8) is 0 Å². The maximum absolute atomic E-state index is 12.4. The minimum Gasteiger partial charge on any atom is -0.495 e. The molecular formula is C15H16BrNO3. The summed E-state index contributed by atoms with van der Waals surface area (Å²) in [4.78, 5) is 12.4. The van der Waals surface area contributed by atoms with Gasteiger partial charge in [-0.05, 0) is 39.0 Å². The number of anilines is 1. The Morgan fingerprint density at radius 3 is 2.50 bits per heavy atom. The zero-order valence-corrected chi connectivity index (χ0v) is 13.4. The normalized spacial score (nSPS) is 10.4. The second-order valence-corrected chi connectivity index (χ2v) is 5.43. The van der Waals surface area contributed by atoms with Gasteiger partial charge in [-0.25, -0.2) is 0 Å². The third-order valence-electron chi connectivity index (χ3n) is 3.20. The quantitative estimate of drug-likeness (QED) is 0.911. The number of carbonyl (C=O) groups excluding carboxylic acids is 1. The molecule has 0 aliphatic rings. The fourth-order valence-electron chi connectivity index (χ4n) is 2.09.